The van der Waals surface area contributed by atoms with Crippen molar-refractivity contribution in [2.45, 2.75) is 26.7 Å². The van der Waals surface area contributed by atoms with Crippen LogP contribution in [0.15, 0.2) is 36.5 Å². The summed E-state index contributed by atoms with van der Waals surface area (Å²) in [5, 5.41) is 0. The summed E-state index contributed by atoms with van der Waals surface area (Å²) in [6.45, 7) is 7.96. The highest BCUT2D eigenvalue weighted by Crippen LogP contribution is 1.95. The third-order valence-electron chi connectivity index (χ3n) is 1.09. The fourth-order valence-electron chi connectivity index (χ4n) is 0.562. The van der Waals surface area contributed by atoms with Gasteiger partial charge in [0.15, 0.2) is 0 Å². The molecule has 0 aromatic carbocycles. The van der Waals surface area contributed by atoms with Crippen molar-refractivity contribution < 1.29 is 0 Å². The molecule has 0 bridgehead atoms. The molecule has 0 aromatic rings. The summed E-state index contributed by atoms with van der Waals surface area (Å²) in [7, 11) is 0. The maximum Gasteiger partial charge on any atom is -0.0141 e. The van der Waals surface area contributed by atoms with E-state index in [0.29, 0.717) is 0 Å². The van der Waals surface area contributed by atoms with Crippen LogP contribution in [0.3, 0.4) is 0 Å². The molecule has 0 radical (unpaired) electrons. The molecule has 0 atom stereocenters. The van der Waals surface area contributed by atoms with E-state index < -0.39 is 0 Å². The van der Waals surface area contributed by atoms with Crippen LogP contribution in [0.5, 0.6) is 0 Å². The SMILES string of the molecule is C=C(C)CC=CC=CCC. The van der Waals surface area contributed by atoms with Crippen molar-refractivity contribution >= 4 is 0 Å². The van der Waals surface area contributed by atoms with Crippen LogP contribution in [0.4, 0.5) is 0 Å². The second kappa shape index (κ2) is 6.34. The summed E-state index contributed by atoms with van der Waals surface area (Å²) in [6.07, 6.45) is 10.5. The van der Waals surface area contributed by atoms with E-state index in [0.717, 1.165) is 12.8 Å². The normalized spacial score (nSPS) is 11.4. The van der Waals surface area contributed by atoms with Gasteiger partial charge >= 0.3 is 0 Å². The Balaban J connectivity index is 3.37. The minimum Gasteiger partial charge on any atom is -0.0998 e. The van der Waals surface area contributed by atoms with E-state index in [1.54, 1.807) is 0 Å². The molecule has 0 aliphatic carbocycles. The number of rotatable bonds is 4. The third-order valence-corrected chi connectivity index (χ3v) is 1.09. The first-order valence-corrected chi connectivity index (χ1v) is 3.73. The number of hydrogen-bond donors (Lipinski definition) is 0. The molecule has 0 heterocycles. The molecule has 0 nitrogen and oxygen atoms in total. The van der Waals surface area contributed by atoms with Crippen molar-refractivity contribution in [2.24, 2.45) is 0 Å². The molecule has 0 saturated carbocycles. The Bertz CT molecular complexity index is 138. The average Bonchev–Trinajstić information content (AvgIpc) is 1.87. The van der Waals surface area contributed by atoms with Crippen LogP contribution in [0, 0.1) is 0 Å². The van der Waals surface area contributed by atoms with Crippen LogP contribution in [0.1, 0.15) is 26.7 Å². The van der Waals surface area contributed by atoms with Crippen molar-refractivity contribution in [3.05, 3.63) is 36.5 Å². The molecule has 0 spiro atoms. The minimum atomic E-state index is 0.994. The highest BCUT2D eigenvalue weighted by Gasteiger charge is 1.75. The van der Waals surface area contributed by atoms with Crippen LogP contribution in [0.2, 0.25) is 0 Å². The second-order valence-electron chi connectivity index (χ2n) is 2.43. The first-order chi connectivity index (χ1) is 4.77. The zero-order valence-corrected chi connectivity index (χ0v) is 6.93. The lowest BCUT2D eigenvalue weighted by molar-refractivity contribution is 1.21. The van der Waals surface area contributed by atoms with Crippen molar-refractivity contribution in [2.75, 3.05) is 0 Å². The number of hydrogen-bond acceptors (Lipinski definition) is 0. The van der Waals surface area contributed by atoms with E-state index in [1.165, 1.54) is 5.57 Å². The lowest BCUT2D eigenvalue weighted by Crippen LogP contribution is -1.65. The summed E-state index contributed by atoms with van der Waals surface area (Å²) in [6, 6.07) is 0. The smallest absolute Gasteiger partial charge is 0.0141 e. The summed E-state index contributed by atoms with van der Waals surface area (Å²) < 4.78 is 0. The third kappa shape index (κ3) is 7.22. The molecule has 0 saturated heterocycles. The van der Waals surface area contributed by atoms with E-state index in [1.807, 2.05) is 6.92 Å². The molecule has 0 aromatic heterocycles. The molecule has 0 aliphatic rings. The maximum absolute atomic E-state index is 3.80. The van der Waals surface area contributed by atoms with Gasteiger partial charge in [-0.2, -0.15) is 0 Å². The van der Waals surface area contributed by atoms with Gasteiger partial charge in [0.05, 0.1) is 0 Å². The molecular weight excluding hydrogens is 120 g/mol. The molecule has 0 aliphatic heterocycles. The number of allylic oxidation sites excluding steroid dienone is 5. The lowest BCUT2D eigenvalue weighted by atomic mass is 10.2. The Morgan fingerprint density at radius 2 is 1.90 bits per heavy atom. The largest absolute Gasteiger partial charge is 0.0998 e. The van der Waals surface area contributed by atoms with Crippen molar-refractivity contribution in [3.8, 4) is 0 Å². The highest BCUT2D eigenvalue weighted by molar-refractivity contribution is 5.06. The van der Waals surface area contributed by atoms with Gasteiger partial charge in [-0.3, -0.25) is 0 Å². The zero-order chi connectivity index (χ0) is 7.82. The summed E-state index contributed by atoms with van der Waals surface area (Å²) >= 11 is 0. The topological polar surface area (TPSA) is 0 Å². The maximum atomic E-state index is 3.80. The summed E-state index contributed by atoms with van der Waals surface area (Å²) in [5.74, 6) is 0. The Hall–Kier alpha value is -0.780. The second-order valence-corrected chi connectivity index (χ2v) is 2.43. The fraction of sp³-hybridized carbons (Fsp3) is 0.400. The molecule has 0 heteroatoms. The molecule has 0 fully saturated rings. The average molecular weight is 136 g/mol. The monoisotopic (exact) mass is 136 g/mol. The Kier molecular flexibility index (Phi) is 5.85. The molecule has 56 valence electrons. The van der Waals surface area contributed by atoms with E-state index in [9.17, 15) is 0 Å². The predicted molar refractivity (Wildman–Crippen MR) is 48.0 cm³/mol. The van der Waals surface area contributed by atoms with Crippen molar-refractivity contribution in [1.82, 2.24) is 0 Å². The summed E-state index contributed by atoms with van der Waals surface area (Å²) in [4.78, 5) is 0. The van der Waals surface area contributed by atoms with Gasteiger partial charge in [-0.1, -0.05) is 43.4 Å². The van der Waals surface area contributed by atoms with E-state index in [2.05, 4.69) is 37.8 Å². The Morgan fingerprint density at radius 3 is 2.40 bits per heavy atom. The lowest BCUT2D eigenvalue weighted by Gasteiger charge is -1.86. The Labute approximate surface area is 64.0 Å². The van der Waals surface area contributed by atoms with Gasteiger partial charge in [-0.05, 0) is 19.8 Å². The molecule has 10 heavy (non-hydrogen) atoms. The fourth-order valence-corrected chi connectivity index (χ4v) is 0.562. The van der Waals surface area contributed by atoms with Gasteiger partial charge in [-0.25, -0.2) is 0 Å². The first-order valence-electron chi connectivity index (χ1n) is 3.73. The van der Waals surface area contributed by atoms with E-state index in [-0.39, 0.29) is 0 Å². The van der Waals surface area contributed by atoms with Crippen LogP contribution in [-0.4, -0.2) is 0 Å². The van der Waals surface area contributed by atoms with Gasteiger partial charge in [0.2, 0.25) is 0 Å². The van der Waals surface area contributed by atoms with Crippen LogP contribution >= 0.6 is 0 Å². The molecule has 0 N–H and O–H groups in total. The van der Waals surface area contributed by atoms with Crippen molar-refractivity contribution in [3.63, 3.8) is 0 Å². The standard InChI is InChI=1S/C10H16/c1-4-5-6-7-8-9-10(2)3/h5-8H,2,4,9H2,1,3H3. The van der Waals surface area contributed by atoms with Gasteiger partial charge < -0.3 is 0 Å². The van der Waals surface area contributed by atoms with Gasteiger partial charge in [0, 0.05) is 0 Å². The minimum absolute atomic E-state index is 0.994. The molecule has 0 amide bonds. The highest BCUT2D eigenvalue weighted by atomic mass is 13.8. The van der Waals surface area contributed by atoms with Gasteiger partial charge in [0.25, 0.3) is 0 Å². The van der Waals surface area contributed by atoms with E-state index in [4.69, 9.17) is 0 Å². The molecule has 0 rings (SSSR count). The van der Waals surface area contributed by atoms with Gasteiger partial charge in [0.1, 0.15) is 0 Å². The molecular formula is C10H16. The van der Waals surface area contributed by atoms with Crippen molar-refractivity contribution in [1.29, 1.82) is 0 Å². The summed E-state index contributed by atoms with van der Waals surface area (Å²) in [5.41, 5.74) is 1.21. The predicted octanol–water partition coefficient (Wildman–Crippen LogP) is 3.48. The van der Waals surface area contributed by atoms with E-state index >= 15 is 0 Å². The van der Waals surface area contributed by atoms with Crippen LogP contribution in [0.25, 0.3) is 0 Å². The van der Waals surface area contributed by atoms with Crippen LogP contribution in [-0.2, 0) is 0 Å². The zero-order valence-electron chi connectivity index (χ0n) is 6.93. The van der Waals surface area contributed by atoms with Crippen LogP contribution < -0.4 is 0 Å². The first kappa shape index (κ1) is 9.22. The Morgan fingerprint density at radius 1 is 1.30 bits per heavy atom. The molecule has 0 unspecified atom stereocenters. The van der Waals surface area contributed by atoms with Gasteiger partial charge in [-0.15, -0.1) is 0 Å². The quantitative estimate of drug-likeness (QED) is 0.410.